The summed E-state index contributed by atoms with van der Waals surface area (Å²) in [6.07, 6.45) is 3.77. The minimum absolute atomic E-state index is 0.00738. The van der Waals surface area contributed by atoms with Crippen molar-refractivity contribution < 1.29 is 0 Å². The molecular weight excluding hydrogens is 516 g/mol. The summed E-state index contributed by atoms with van der Waals surface area (Å²) in [6, 6.07) is 24.1. The molecule has 0 fully saturated rings. The third kappa shape index (κ3) is 3.65. The van der Waals surface area contributed by atoms with Gasteiger partial charge in [0.25, 0.3) is 5.56 Å². The van der Waals surface area contributed by atoms with Crippen LogP contribution in [-0.4, -0.2) is 4.57 Å². The van der Waals surface area contributed by atoms with Gasteiger partial charge in [0.15, 0.2) is 4.80 Å². The van der Waals surface area contributed by atoms with E-state index in [-0.39, 0.29) is 11.6 Å². The molecule has 2 aliphatic rings. The first kappa shape index (κ1) is 20.8. The Bertz CT molecular complexity index is 1600. The summed E-state index contributed by atoms with van der Waals surface area (Å²) in [7, 11) is 0. The third-order valence-electron chi connectivity index (χ3n) is 6.23. The van der Waals surface area contributed by atoms with Gasteiger partial charge in [0.1, 0.15) is 0 Å². The van der Waals surface area contributed by atoms with Crippen LogP contribution >= 0.6 is 38.9 Å². The van der Waals surface area contributed by atoms with Crippen molar-refractivity contribution >= 4 is 50.6 Å². The Labute approximate surface area is 208 Å². The van der Waals surface area contributed by atoms with Crippen LogP contribution in [0.2, 0.25) is 5.02 Å². The molecular formula is C27H18BrClN2OS. The average molecular weight is 534 g/mol. The second kappa shape index (κ2) is 8.24. The number of nitrogens with zero attached hydrogens (tertiary/aromatic N) is 2. The van der Waals surface area contributed by atoms with Crippen LogP contribution in [0.5, 0.6) is 0 Å². The van der Waals surface area contributed by atoms with Gasteiger partial charge in [-0.25, -0.2) is 4.99 Å². The lowest BCUT2D eigenvalue weighted by atomic mass is 9.83. The quantitative estimate of drug-likeness (QED) is 0.324. The molecule has 1 aromatic heterocycles. The predicted octanol–water partition coefficient (Wildman–Crippen LogP) is 5.73. The smallest absolute Gasteiger partial charge is 0.271 e. The van der Waals surface area contributed by atoms with E-state index in [4.69, 9.17) is 16.6 Å². The Balaban J connectivity index is 1.62. The maximum Gasteiger partial charge on any atom is 0.271 e. The standard InChI is InChI=1S/C27H18BrClN2OS/c28-19-10-5-16(6-11-19)15-23-26(32)31-25(18-7-12-20(29)13-8-18)22-14-9-17-3-1-2-4-21(17)24(22)30-27(31)33-23/h1-8,10-13,15,25H,9,14H2. The molecule has 1 atom stereocenters. The number of aryl methyl sites for hydroxylation is 1. The van der Waals surface area contributed by atoms with Crippen LogP contribution in [0.15, 0.2) is 92.6 Å². The summed E-state index contributed by atoms with van der Waals surface area (Å²) < 4.78 is 3.56. The van der Waals surface area contributed by atoms with Crippen LogP contribution in [0.1, 0.15) is 34.7 Å². The molecule has 33 heavy (non-hydrogen) atoms. The largest absolute Gasteiger partial charge is 0.272 e. The highest BCUT2D eigenvalue weighted by Gasteiger charge is 2.32. The van der Waals surface area contributed by atoms with Gasteiger partial charge >= 0.3 is 0 Å². The molecule has 3 aromatic carbocycles. The minimum atomic E-state index is -0.186. The van der Waals surface area contributed by atoms with Crippen molar-refractivity contribution in [1.29, 1.82) is 0 Å². The topological polar surface area (TPSA) is 34.4 Å². The fourth-order valence-corrected chi connectivity index (χ4v) is 6.07. The molecule has 0 spiro atoms. The number of rotatable bonds is 2. The van der Waals surface area contributed by atoms with Crippen molar-refractivity contribution in [2.45, 2.75) is 18.9 Å². The lowest BCUT2D eigenvalue weighted by Gasteiger charge is -2.30. The van der Waals surface area contributed by atoms with Gasteiger partial charge in [0, 0.05) is 15.1 Å². The van der Waals surface area contributed by atoms with E-state index in [1.54, 1.807) is 0 Å². The van der Waals surface area contributed by atoms with Gasteiger partial charge in [-0.1, -0.05) is 87.4 Å². The van der Waals surface area contributed by atoms with Crippen molar-refractivity contribution in [3.8, 4) is 0 Å². The van der Waals surface area contributed by atoms with E-state index in [2.05, 4.69) is 40.2 Å². The Morgan fingerprint density at radius 3 is 2.55 bits per heavy atom. The summed E-state index contributed by atoms with van der Waals surface area (Å²) in [4.78, 5) is 19.5. The molecule has 3 nitrogen and oxygen atoms in total. The number of thiazole rings is 1. The maximum atomic E-state index is 13.7. The van der Waals surface area contributed by atoms with Crippen LogP contribution in [0, 0.1) is 0 Å². The number of benzene rings is 3. The molecule has 1 aliphatic heterocycles. The van der Waals surface area contributed by atoms with Gasteiger partial charge in [0.05, 0.1) is 16.3 Å². The Hall–Kier alpha value is -2.73. The number of allylic oxidation sites excluding steroid dienone is 1. The molecule has 6 heteroatoms. The molecule has 1 unspecified atom stereocenters. The van der Waals surface area contributed by atoms with E-state index < -0.39 is 0 Å². The van der Waals surface area contributed by atoms with E-state index in [9.17, 15) is 4.79 Å². The Morgan fingerprint density at radius 1 is 1.00 bits per heavy atom. The summed E-state index contributed by atoms with van der Waals surface area (Å²) in [5.74, 6) is 0. The molecule has 162 valence electrons. The first-order chi connectivity index (χ1) is 16.1. The molecule has 0 amide bonds. The molecule has 0 saturated heterocycles. The van der Waals surface area contributed by atoms with Crippen molar-refractivity contribution in [2.24, 2.45) is 4.99 Å². The molecule has 0 saturated carbocycles. The van der Waals surface area contributed by atoms with Gasteiger partial charge in [-0.05, 0) is 65.4 Å². The van der Waals surface area contributed by atoms with Crippen LogP contribution in [0.3, 0.4) is 0 Å². The lowest BCUT2D eigenvalue weighted by molar-refractivity contribution is 0.585. The molecule has 2 heterocycles. The van der Waals surface area contributed by atoms with Crippen molar-refractivity contribution in [3.05, 3.63) is 130 Å². The van der Waals surface area contributed by atoms with Gasteiger partial charge in [-0.2, -0.15) is 0 Å². The first-order valence-electron chi connectivity index (χ1n) is 10.7. The first-order valence-corrected chi connectivity index (χ1v) is 12.7. The highest BCUT2D eigenvalue weighted by Crippen LogP contribution is 2.41. The van der Waals surface area contributed by atoms with Crippen molar-refractivity contribution in [1.82, 2.24) is 4.57 Å². The molecule has 0 N–H and O–H groups in total. The van der Waals surface area contributed by atoms with Crippen LogP contribution in [0.4, 0.5) is 0 Å². The van der Waals surface area contributed by atoms with Crippen LogP contribution < -0.4 is 14.9 Å². The zero-order valence-electron chi connectivity index (χ0n) is 17.5. The molecule has 6 rings (SSSR count). The van der Waals surface area contributed by atoms with Gasteiger partial charge in [0.2, 0.25) is 0 Å². The zero-order chi connectivity index (χ0) is 22.5. The summed E-state index contributed by atoms with van der Waals surface area (Å²) in [5.41, 5.74) is 6.71. The normalized spacial score (nSPS) is 17.3. The van der Waals surface area contributed by atoms with Gasteiger partial charge < -0.3 is 0 Å². The number of hydrogen-bond acceptors (Lipinski definition) is 3. The SMILES string of the molecule is O=c1c(=Cc2ccc(Br)cc2)sc2n1C(c1ccc(Cl)cc1)C1=C(N=2)c2ccccc2CC1. The molecule has 0 bridgehead atoms. The van der Waals surface area contributed by atoms with Gasteiger partial charge in [-0.15, -0.1) is 0 Å². The monoisotopic (exact) mass is 532 g/mol. The summed E-state index contributed by atoms with van der Waals surface area (Å²) in [6.45, 7) is 0. The van der Waals surface area contributed by atoms with Crippen LogP contribution in [0.25, 0.3) is 11.8 Å². The minimum Gasteiger partial charge on any atom is -0.272 e. The Kier molecular flexibility index (Phi) is 5.21. The number of aromatic nitrogens is 1. The predicted molar refractivity (Wildman–Crippen MR) is 138 cm³/mol. The Morgan fingerprint density at radius 2 is 1.76 bits per heavy atom. The van der Waals surface area contributed by atoms with E-state index in [1.165, 1.54) is 28.0 Å². The second-order valence-electron chi connectivity index (χ2n) is 8.22. The van der Waals surface area contributed by atoms with E-state index in [0.717, 1.165) is 38.9 Å². The fraction of sp³-hybridized carbons (Fsp3) is 0.111. The second-order valence-corrected chi connectivity index (χ2v) is 10.6. The van der Waals surface area contributed by atoms with Crippen molar-refractivity contribution in [2.75, 3.05) is 0 Å². The van der Waals surface area contributed by atoms with Crippen LogP contribution in [-0.2, 0) is 6.42 Å². The molecule has 0 radical (unpaired) electrons. The number of fused-ring (bicyclic) bond motifs is 3. The number of halogens is 2. The molecule has 4 aromatic rings. The average Bonchev–Trinajstić information content (AvgIpc) is 3.14. The third-order valence-corrected chi connectivity index (χ3v) is 7.99. The molecule has 1 aliphatic carbocycles. The highest BCUT2D eigenvalue weighted by atomic mass is 79.9. The summed E-state index contributed by atoms with van der Waals surface area (Å²) >= 11 is 11.1. The fourth-order valence-electron chi connectivity index (χ4n) is 4.68. The van der Waals surface area contributed by atoms with Crippen molar-refractivity contribution in [3.63, 3.8) is 0 Å². The van der Waals surface area contributed by atoms with E-state index in [0.29, 0.717) is 9.55 Å². The van der Waals surface area contributed by atoms with E-state index in [1.807, 2.05) is 59.2 Å². The number of hydrogen-bond donors (Lipinski definition) is 0. The van der Waals surface area contributed by atoms with E-state index >= 15 is 0 Å². The zero-order valence-corrected chi connectivity index (χ0v) is 20.6. The maximum absolute atomic E-state index is 13.7. The van der Waals surface area contributed by atoms with Gasteiger partial charge in [-0.3, -0.25) is 9.36 Å². The lowest BCUT2D eigenvalue weighted by Crippen LogP contribution is -2.38. The summed E-state index contributed by atoms with van der Waals surface area (Å²) in [5, 5.41) is 0.685. The highest BCUT2D eigenvalue weighted by molar-refractivity contribution is 9.10.